The molecule has 0 saturated heterocycles. The number of hydrogen-bond acceptors (Lipinski definition) is 3. The molecule has 0 aromatic rings. The topological polar surface area (TPSA) is 74.6 Å². The molecule has 0 saturated carbocycles. The van der Waals surface area contributed by atoms with Crippen LogP contribution < -0.4 is 0 Å². The van der Waals surface area contributed by atoms with Crippen LogP contribution in [-0.2, 0) is 10.1 Å². The Balaban J connectivity index is 3.38. The first-order chi connectivity index (χ1) is 12.9. The van der Waals surface area contributed by atoms with E-state index in [-0.39, 0.29) is 6.10 Å². The number of unbranched alkanes of at least 4 members (excludes halogenated alkanes) is 12. The van der Waals surface area contributed by atoms with Gasteiger partial charge >= 0.3 is 0 Å². The number of hydrogen-bond donors (Lipinski definition) is 2. The van der Waals surface area contributed by atoms with Gasteiger partial charge in [0.25, 0.3) is 10.1 Å². The van der Waals surface area contributed by atoms with Crippen molar-refractivity contribution in [3.8, 4) is 0 Å². The van der Waals surface area contributed by atoms with Crippen molar-refractivity contribution in [1.29, 1.82) is 0 Å². The molecule has 0 aliphatic carbocycles. The van der Waals surface area contributed by atoms with E-state index in [9.17, 15) is 13.5 Å². The highest BCUT2D eigenvalue weighted by Gasteiger charge is 2.19. The van der Waals surface area contributed by atoms with E-state index in [1.807, 2.05) is 0 Å². The quantitative estimate of drug-likeness (QED) is 0.175. The molecule has 0 bridgehead atoms. The van der Waals surface area contributed by atoms with Gasteiger partial charge in [0.15, 0.2) is 0 Å². The zero-order valence-electron chi connectivity index (χ0n) is 18.0. The molecular formula is C22H46O4S. The van der Waals surface area contributed by atoms with Gasteiger partial charge in [-0.25, -0.2) is 0 Å². The maximum atomic E-state index is 11.1. The van der Waals surface area contributed by atoms with Crippen molar-refractivity contribution in [2.75, 3.05) is 0 Å². The minimum absolute atomic E-state index is 0.180. The van der Waals surface area contributed by atoms with Crippen molar-refractivity contribution in [2.45, 2.75) is 141 Å². The summed E-state index contributed by atoms with van der Waals surface area (Å²) in [7, 11) is -3.89. The first kappa shape index (κ1) is 26.9. The van der Waals surface area contributed by atoms with Gasteiger partial charge in [-0.15, -0.1) is 0 Å². The Bertz CT molecular complexity index is 409. The normalized spacial score (nSPS) is 14.4. The highest BCUT2D eigenvalue weighted by atomic mass is 32.2. The van der Waals surface area contributed by atoms with Crippen LogP contribution in [0.2, 0.25) is 0 Å². The van der Waals surface area contributed by atoms with Gasteiger partial charge in [0.05, 0.1) is 11.4 Å². The van der Waals surface area contributed by atoms with Crippen molar-refractivity contribution in [2.24, 2.45) is 0 Å². The molecule has 164 valence electrons. The van der Waals surface area contributed by atoms with E-state index in [0.717, 1.165) is 44.9 Å². The minimum Gasteiger partial charge on any atom is -0.393 e. The van der Waals surface area contributed by atoms with Crippen LogP contribution in [0.5, 0.6) is 0 Å². The average Bonchev–Trinajstić information content (AvgIpc) is 2.61. The molecule has 5 heteroatoms. The van der Waals surface area contributed by atoms with Crippen LogP contribution in [0.3, 0.4) is 0 Å². The van der Waals surface area contributed by atoms with Gasteiger partial charge in [0, 0.05) is 0 Å². The number of aliphatic hydroxyl groups is 1. The zero-order valence-corrected chi connectivity index (χ0v) is 18.8. The molecule has 0 aromatic carbocycles. The summed E-state index contributed by atoms with van der Waals surface area (Å²) in [5.41, 5.74) is 0. The SMILES string of the molecule is CCCCCCCCCCCCC(O)CCCCCCC(CC)S(=O)(=O)O. The summed E-state index contributed by atoms with van der Waals surface area (Å²) < 4.78 is 31.3. The third kappa shape index (κ3) is 17.7. The summed E-state index contributed by atoms with van der Waals surface area (Å²) >= 11 is 0. The fraction of sp³-hybridized carbons (Fsp3) is 1.00. The molecule has 0 spiro atoms. The highest BCUT2D eigenvalue weighted by Crippen LogP contribution is 2.17. The summed E-state index contributed by atoms with van der Waals surface area (Å²) in [5.74, 6) is 0. The second kappa shape index (κ2) is 17.9. The Morgan fingerprint density at radius 3 is 1.37 bits per heavy atom. The van der Waals surface area contributed by atoms with Crippen molar-refractivity contribution in [1.82, 2.24) is 0 Å². The van der Waals surface area contributed by atoms with Crippen LogP contribution in [-0.4, -0.2) is 29.4 Å². The first-order valence-corrected chi connectivity index (χ1v) is 13.1. The smallest absolute Gasteiger partial charge is 0.267 e. The molecule has 0 aromatic heterocycles. The molecule has 0 radical (unpaired) electrons. The average molecular weight is 407 g/mol. The van der Waals surface area contributed by atoms with Gasteiger partial charge in [-0.05, 0) is 25.7 Å². The van der Waals surface area contributed by atoms with E-state index in [0.29, 0.717) is 12.8 Å². The van der Waals surface area contributed by atoms with Crippen LogP contribution in [0, 0.1) is 0 Å². The fourth-order valence-electron chi connectivity index (χ4n) is 3.68. The molecule has 0 amide bonds. The van der Waals surface area contributed by atoms with E-state index < -0.39 is 15.4 Å². The maximum Gasteiger partial charge on any atom is 0.267 e. The summed E-state index contributed by atoms with van der Waals surface area (Å²) in [6.07, 6.45) is 19.6. The largest absolute Gasteiger partial charge is 0.393 e. The lowest BCUT2D eigenvalue weighted by Gasteiger charge is -2.12. The summed E-state index contributed by atoms with van der Waals surface area (Å²) in [6, 6.07) is 0. The van der Waals surface area contributed by atoms with Gasteiger partial charge in [0.1, 0.15) is 0 Å². The second-order valence-corrected chi connectivity index (χ2v) is 9.86. The Morgan fingerprint density at radius 1 is 0.630 bits per heavy atom. The van der Waals surface area contributed by atoms with Crippen molar-refractivity contribution in [3.05, 3.63) is 0 Å². The van der Waals surface area contributed by atoms with Crippen LogP contribution in [0.1, 0.15) is 129 Å². The molecule has 0 aliphatic rings. The van der Waals surface area contributed by atoms with Crippen molar-refractivity contribution < 1.29 is 18.1 Å². The molecule has 2 N–H and O–H groups in total. The lowest BCUT2D eigenvalue weighted by atomic mass is 10.0. The zero-order chi connectivity index (χ0) is 20.4. The minimum atomic E-state index is -3.89. The first-order valence-electron chi connectivity index (χ1n) is 11.6. The molecule has 0 heterocycles. The monoisotopic (exact) mass is 406 g/mol. The van der Waals surface area contributed by atoms with Crippen LogP contribution in [0.15, 0.2) is 0 Å². The molecule has 2 atom stereocenters. The molecule has 0 rings (SSSR count). The molecule has 0 aliphatic heterocycles. The third-order valence-corrected chi connectivity index (χ3v) is 6.99. The van der Waals surface area contributed by atoms with E-state index in [1.165, 1.54) is 57.8 Å². The molecule has 4 nitrogen and oxygen atoms in total. The van der Waals surface area contributed by atoms with Gasteiger partial charge in [-0.2, -0.15) is 8.42 Å². The third-order valence-electron chi connectivity index (χ3n) is 5.58. The standard InChI is InChI=1S/C22H46O4S/c1-3-5-6-7-8-9-10-11-12-15-18-21(23)19-16-13-14-17-20-22(4-2)27(24,25)26/h21-23H,3-20H2,1-2H3,(H,24,25,26). The van der Waals surface area contributed by atoms with E-state index >= 15 is 0 Å². The predicted molar refractivity (Wildman–Crippen MR) is 116 cm³/mol. The van der Waals surface area contributed by atoms with E-state index in [2.05, 4.69) is 6.92 Å². The van der Waals surface area contributed by atoms with Crippen molar-refractivity contribution in [3.63, 3.8) is 0 Å². The fourth-order valence-corrected chi connectivity index (χ4v) is 4.57. The number of aliphatic hydroxyl groups excluding tert-OH is 1. The molecule has 2 unspecified atom stereocenters. The Kier molecular flexibility index (Phi) is 17.8. The van der Waals surface area contributed by atoms with Gasteiger partial charge in [-0.1, -0.05) is 104 Å². The summed E-state index contributed by atoms with van der Waals surface area (Å²) in [5, 5.41) is 9.44. The molecule has 27 heavy (non-hydrogen) atoms. The Morgan fingerprint density at radius 2 is 1.00 bits per heavy atom. The van der Waals surface area contributed by atoms with Gasteiger partial charge in [0.2, 0.25) is 0 Å². The second-order valence-electron chi connectivity index (χ2n) is 8.16. The van der Waals surface area contributed by atoms with Crippen LogP contribution in [0.4, 0.5) is 0 Å². The van der Waals surface area contributed by atoms with Gasteiger partial charge in [-0.3, -0.25) is 4.55 Å². The summed E-state index contributed by atoms with van der Waals surface area (Å²) in [6.45, 7) is 4.05. The highest BCUT2D eigenvalue weighted by molar-refractivity contribution is 7.86. The Hall–Kier alpha value is -0.130. The Labute approximate surface area is 169 Å². The van der Waals surface area contributed by atoms with E-state index in [1.54, 1.807) is 6.92 Å². The molecule has 0 fully saturated rings. The lowest BCUT2D eigenvalue weighted by Crippen LogP contribution is -2.19. The predicted octanol–water partition coefficient (Wildman–Crippen LogP) is 6.67. The van der Waals surface area contributed by atoms with Gasteiger partial charge < -0.3 is 5.11 Å². The van der Waals surface area contributed by atoms with Crippen LogP contribution >= 0.6 is 0 Å². The lowest BCUT2D eigenvalue weighted by molar-refractivity contribution is 0.147. The summed E-state index contributed by atoms with van der Waals surface area (Å²) in [4.78, 5) is 0. The van der Waals surface area contributed by atoms with Crippen molar-refractivity contribution >= 4 is 10.1 Å². The maximum absolute atomic E-state index is 11.1. The molecular weight excluding hydrogens is 360 g/mol. The number of rotatable bonds is 20. The van der Waals surface area contributed by atoms with Crippen LogP contribution in [0.25, 0.3) is 0 Å². The van der Waals surface area contributed by atoms with E-state index in [4.69, 9.17) is 4.55 Å².